The van der Waals surface area contributed by atoms with E-state index in [2.05, 4.69) is 34.8 Å². The van der Waals surface area contributed by atoms with Gasteiger partial charge in [0.2, 0.25) is 23.6 Å². The minimum Gasteiger partial charge on any atom is -0.356 e. The van der Waals surface area contributed by atoms with Crippen LogP contribution in [0.4, 0.5) is 0 Å². The summed E-state index contributed by atoms with van der Waals surface area (Å²) >= 11 is 6.03. The van der Waals surface area contributed by atoms with Crippen molar-refractivity contribution in [2.45, 2.75) is 77.9 Å². The summed E-state index contributed by atoms with van der Waals surface area (Å²) in [6, 6.07) is 5.72. The first kappa shape index (κ1) is 30.5. The minimum absolute atomic E-state index is 0.00228. The zero-order valence-electron chi connectivity index (χ0n) is 25.4. The lowest BCUT2D eigenvalue weighted by molar-refractivity contribution is -0.145. The number of piperidine rings is 1. The number of benzene rings is 1. The van der Waals surface area contributed by atoms with E-state index in [-0.39, 0.29) is 58.6 Å². The van der Waals surface area contributed by atoms with Gasteiger partial charge in [0.1, 0.15) is 12.1 Å². The second-order valence-electron chi connectivity index (χ2n) is 14.2. The molecule has 0 bridgehead atoms. The van der Waals surface area contributed by atoms with E-state index in [1.165, 1.54) is 0 Å². The van der Waals surface area contributed by atoms with Gasteiger partial charge in [-0.15, -0.1) is 0 Å². The highest BCUT2D eigenvalue weighted by Crippen LogP contribution is 2.65. The Hall–Kier alpha value is -2.94. The average molecular weight is 598 g/mol. The molecule has 42 heavy (non-hydrogen) atoms. The molecule has 4 amide bonds. The number of nitrogens with zero attached hydrogens (tertiary/aromatic N) is 2. The van der Waals surface area contributed by atoms with Crippen LogP contribution in [-0.4, -0.2) is 73.0 Å². The topological polar surface area (TPSA) is 120 Å². The fourth-order valence-corrected chi connectivity index (χ4v) is 7.35. The highest BCUT2D eigenvalue weighted by Gasteiger charge is 2.70. The standard InChI is InChI=1S/C32H44ClN5O4/c1-31(2,3)26(37-28(40)22-14-21(22)17-7-9-19(33)10-8-17)30(42)38-16-23-24(32(23,4)5)25(38)29(41)36-20(15-34-6)13-18-11-12-35-27(18)39/h7-10,15,18,20-26H,11-14,16H2,1-6H3,(H,35,39)(H,36,41)(H,37,40). The van der Waals surface area contributed by atoms with Gasteiger partial charge in [0.05, 0.1) is 6.04 Å². The van der Waals surface area contributed by atoms with Crippen LogP contribution in [0.5, 0.6) is 0 Å². The third-order valence-electron chi connectivity index (χ3n) is 9.94. The van der Waals surface area contributed by atoms with Gasteiger partial charge in [0, 0.05) is 43.2 Å². The normalized spacial score (nSPS) is 30.8. The van der Waals surface area contributed by atoms with E-state index in [1.807, 2.05) is 45.0 Å². The fourth-order valence-electron chi connectivity index (χ4n) is 7.22. The van der Waals surface area contributed by atoms with Crippen LogP contribution in [0.15, 0.2) is 29.3 Å². The molecular formula is C32H44ClN5O4. The number of hydrogen-bond acceptors (Lipinski definition) is 5. The number of carbonyl (C=O) groups is 4. The van der Waals surface area contributed by atoms with Gasteiger partial charge in [-0.25, -0.2) is 0 Å². The SMILES string of the molecule is CN=CC(CC1CCNC1=O)NC(=O)C1C2C(CN1C(=O)C(NC(=O)C1CC1c1ccc(Cl)cc1)C(C)(C)C)C2(C)C. The third kappa shape index (κ3) is 5.94. The lowest BCUT2D eigenvalue weighted by Gasteiger charge is -2.38. The maximum absolute atomic E-state index is 14.2. The molecule has 2 heterocycles. The monoisotopic (exact) mass is 597 g/mol. The molecule has 0 radical (unpaired) electrons. The highest BCUT2D eigenvalue weighted by molar-refractivity contribution is 6.30. The van der Waals surface area contributed by atoms with Gasteiger partial charge in [0.25, 0.3) is 0 Å². The molecular weight excluding hydrogens is 554 g/mol. The molecule has 8 unspecified atom stereocenters. The van der Waals surface area contributed by atoms with Gasteiger partial charge in [-0.1, -0.05) is 58.4 Å². The summed E-state index contributed by atoms with van der Waals surface area (Å²) in [5, 5.41) is 9.69. The molecule has 9 nitrogen and oxygen atoms in total. The lowest BCUT2D eigenvalue weighted by atomic mass is 9.85. The molecule has 2 saturated heterocycles. The summed E-state index contributed by atoms with van der Waals surface area (Å²) in [6.45, 7) is 11.2. The van der Waals surface area contributed by atoms with Gasteiger partial charge in [0.15, 0.2) is 0 Å². The zero-order chi connectivity index (χ0) is 30.6. The first-order valence-corrected chi connectivity index (χ1v) is 15.5. The highest BCUT2D eigenvalue weighted by atomic mass is 35.5. The van der Waals surface area contributed by atoms with E-state index in [1.54, 1.807) is 18.2 Å². The largest absolute Gasteiger partial charge is 0.356 e. The Balaban J connectivity index is 1.30. The molecule has 5 rings (SSSR count). The number of aliphatic imine (C=N–C) groups is 1. The van der Waals surface area contributed by atoms with E-state index in [0.717, 1.165) is 18.4 Å². The summed E-state index contributed by atoms with van der Waals surface area (Å²) in [5.41, 5.74) is 0.448. The molecule has 0 spiro atoms. The molecule has 1 aromatic rings. The van der Waals surface area contributed by atoms with E-state index >= 15 is 0 Å². The van der Waals surface area contributed by atoms with Crippen LogP contribution in [0.3, 0.4) is 0 Å². The molecule has 4 aliphatic rings. The number of fused-ring (bicyclic) bond motifs is 1. The molecule has 2 saturated carbocycles. The van der Waals surface area contributed by atoms with Gasteiger partial charge >= 0.3 is 0 Å². The van der Waals surface area contributed by atoms with Crippen molar-refractivity contribution in [3.63, 3.8) is 0 Å². The zero-order valence-corrected chi connectivity index (χ0v) is 26.2. The van der Waals surface area contributed by atoms with Gasteiger partial charge in [-0.3, -0.25) is 24.2 Å². The van der Waals surface area contributed by atoms with Crippen molar-refractivity contribution in [3.05, 3.63) is 34.9 Å². The quantitative estimate of drug-likeness (QED) is 0.379. The second-order valence-corrected chi connectivity index (χ2v) is 14.7. The summed E-state index contributed by atoms with van der Waals surface area (Å²) in [7, 11) is 1.65. The Bertz CT molecular complexity index is 1270. The summed E-state index contributed by atoms with van der Waals surface area (Å²) in [4.78, 5) is 59.6. The molecule has 8 atom stereocenters. The summed E-state index contributed by atoms with van der Waals surface area (Å²) in [6.07, 6.45) is 3.58. The lowest BCUT2D eigenvalue weighted by Crippen LogP contribution is -2.60. The number of nitrogens with one attached hydrogen (secondary N) is 3. The number of halogens is 1. The van der Waals surface area contributed by atoms with E-state index < -0.39 is 23.5 Å². The Kier molecular flexibility index (Phi) is 8.20. The van der Waals surface area contributed by atoms with Gasteiger partial charge in [-0.05, 0) is 65.5 Å². The van der Waals surface area contributed by atoms with Crippen molar-refractivity contribution < 1.29 is 19.2 Å². The van der Waals surface area contributed by atoms with Crippen molar-refractivity contribution >= 4 is 41.4 Å². The van der Waals surface area contributed by atoms with Crippen LogP contribution >= 0.6 is 11.6 Å². The van der Waals surface area contributed by atoms with Crippen LogP contribution in [0.2, 0.25) is 5.02 Å². The minimum atomic E-state index is -0.775. The maximum Gasteiger partial charge on any atom is 0.246 e. The van der Waals surface area contributed by atoms with E-state index in [4.69, 9.17) is 11.6 Å². The second kappa shape index (κ2) is 11.3. The Morgan fingerprint density at radius 1 is 1.17 bits per heavy atom. The first-order chi connectivity index (χ1) is 19.7. The van der Waals surface area contributed by atoms with Crippen LogP contribution in [0.1, 0.15) is 65.4 Å². The van der Waals surface area contributed by atoms with Crippen molar-refractivity contribution in [2.24, 2.45) is 39.5 Å². The Labute approximate surface area is 253 Å². The van der Waals surface area contributed by atoms with Crippen LogP contribution in [0, 0.1) is 34.5 Å². The van der Waals surface area contributed by atoms with Crippen molar-refractivity contribution in [2.75, 3.05) is 20.1 Å². The van der Waals surface area contributed by atoms with E-state index in [0.29, 0.717) is 24.5 Å². The Morgan fingerprint density at radius 3 is 2.45 bits per heavy atom. The summed E-state index contributed by atoms with van der Waals surface area (Å²) in [5.74, 6) is -0.617. The van der Waals surface area contributed by atoms with Gasteiger partial charge < -0.3 is 20.9 Å². The molecule has 2 aliphatic heterocycles. The smallest absolute Gasteiger partial charge is 0.246 e. The molecule has 1 aromatic carbocycles. The predicted molar refractivity (Wildman–Crippen MR) is 162 cm³/mol. The average Bonchev–Trinajstić information content (AvgIpc) is 3.66. The van der Waals surface area contributed by atoms with Crippen molar-refractivity contribution in [1.29, 1.82) is 0 Å². The van der Waals surface area contributed by atoms with Crippen LogP contribution in [-0.2, 0) is 19.2 Å². The summed E-state index contributed by atoms with van der Waals surface area (Å²) < 4.78 is 0. The van der Waals surface area contributed by atoms with Crippen molar-refractivity contribution in [3.8, 4) is 0 Å². The fraction of sp³-hybridized carbons (Fsp3) is 0.656. The number of hydrogen-bond donors (Lipinski definition) is 3. The molecule has 0 aromatic heterocycles. The molecule has 3 N–H and O–H groups in total. The molecule has 4 fully saturated rings. The molecule has 2 aliphatic carbocycles. The molecule has 228 valence electrons. The predicted octanol–water partition coefficient (Wildman–Crippen LogP) is 3.17. The first-order valence-electron chi connectivity index (χ1n) is 15.1. The number of carbonyl (C=O) groups excluding carboxylic acids is 4. The number of likely N-dealkylation sites (tertiary alicyclic amines) is 1. The van der Waals surface area contributed by atoms with Crippen LogP contribution < -0.4 is 16.0 Å². The van der Waals surface area contributed by atoms with Crippen LogP contribution in [0.25, 0.3) is 0 Å². The van der Waals surface area contributed by atoms with Gasteiger partial charge in [-0.2, -0.15) is 0 Å². The Morgan fingerprint density at radius 2 is 1.86 bits per heavy atom. The van der Waals surface area contributed by atoms with E-state index in [9.17, 15) is 19.2 Å². The number of amides is 4. The molecule has 10 heteroatoms. The third-order valence-corrected chi connectivity index (χ3v) is 10.2. The maximum atomic E-state index is 14.2. The number of rotatable bonds is 9. The van der Waals surface area contributed by atoms with Crippen molar-refractivity contribution in [1.82, 2.24) is 20.9 Å².